The lowest BCUT2D eigenvalue weighted by Gasteiger charge is -2.27. The average Bonchev–Trinajstić information content (AvgIpc) is 2.61. The molecule has 1 aliphatic heterocycles. The van der Waals surface area contributed by atoms with E-state index in [4.69, 9.17) is 0 Å². The van der Waals surface area contributed by atoms with Crippen LogP contribution < -0.4 is 10.2 Å². The molecular weight excluding hydrogens is 278 g/mol. The number of piperidine rings is 1. The highest BCUT2D eigenvalue weighted by Gasteiger charge is 2.13. The summed E-state index contributed by atoms with van der Waals surface area (Å²) in [5.41, 5.74) is 0.585. The van der Waals surface area contributed by atoms with Crippen LogP contribution in [0.15, 0.2) is 36.8 Å². The number of nitrogens with zero attached hydrogens (tertiary/aromatic N) is 4. The van der Waals surface area contributed by atoms with Crippen molar-refractivity contribution in [1.82, 2.24) is 20.3 Å². The second-order valence-corrected chi connectivity index (χ2v) is 5.30. The summed E-state index contributed by atoms with van der Waals surface area (Å²) < 4.78 is 0. The first-order valence-corrected chi connectivity index (χ1v) is 7.58. The van der Waals surface area contributed by atoms with Gasteiger partial charge in [0.15, 0.2) is 0 Å². The Labute approximate surface area is 129 Å². The Balaban J connectivity index is 1.62. The normalized spacial score (nSPS) is 14.6. The average molecular weight is 297 g/mol. The van der Waals surface area contributed by atoms with E-state index in [1.54, 1.807) is 30.7 Å². The molecule has 3 rings (SSSR count). The van der Waals surface area contributed by atoms with Gasteiger partial charge >= 0.3 is 0 Å². The van der Waals surface area contributed by atoms with Crippen LogP contribution in [0.3, 0.4) is 0 Å². The van der Waals surface area contributed by atoms with E-state index in [0.717, 1.165) is 18.9 Å². The van der Waals surface area contributed by atoms with E-state index in [1.807, 2.05) is 6.07 Å². The molecule has 0 spiro atoms. The van der Waals surface area contributed by atoms with Crippen molar-refractivity contribution in [2.45, 2.75) is 25.8 Å². The van der Waals surface area contributed by atoms with E-state index in [2.05, 4.69) is 25.2 Å². The van der Waals surface area contributed by atoms with E-state index < -0.39 is 0 Å². The number of amides is 1. The Morgan fingerprint density at radius 2 is 1.86 bits per heavy atom. The van der Waals surface area contributed by atoms with E-state index in [-0.39, 0.29) is 5.91 Å². The summed E-state index contributed by atoms with van der Waals surface area (Å²) in [7, 11) is 0. The minimum Gasteiger partial charge on any atom is -0.357 e. The van der Waals surface area contributed by atoms with Crippen LogP contribution in [0.25, 0.3) is 0 Å². The van der Waals surface area contributed by atoms with Crippen LogP contribution in [0.4, 0.5) is 5.82 Å². The number of pyridine rings is 1. The minimum atomic E-state index is -0.144. The van der Waals surface area contributed by atoms with Crippen molar-refractivity contribution < 1.29 is 4.79 Å². The Morgan fingerprint density at radius 1 is 1.09 bits per heavy atom. The van der Waals surface area contributed by atoms with Crippen molar-refractivity contribution in [1.29, 1.82) is 0 Å². The predicted molar refractivity (Wildman–Crippen MR) is 83.5 cm³/mol. The van der Waals surface area contributed by atoms with Crippen LogP contribution >= 0.6 is 0 Å². The number of carbonyl (C=O) groups excluding carboxylic acids is 1. The van der Waals surface area contributed by atoms with Crippen molar-refractivity contribution in [3.63, 3.8) is 0 Å². The minimum absolute atomic E-state index is 0.144. The van der Waals surface area contributed by atoms with Crippen molar-refractivity contribution in [2.24, 2.45) is 0 Å². The lowest BCUT2D eigenvalue weighted by Crippen LogP contribution is -2.31. The molecule has 22 heavy (non-hydrogen) atoms. The second-order valence-electron chi connectivity index (χ2n) is 5.30. The summed E-state index contributed by atoms with van der Waals surface area (Å²) in [6.07, 6.45) is 8.66. The third-order valence-corrected chi connectivity index (χ3v) is 3.72. The molecule has 2 aromatic heterocycles. The second kappa shape index (κ2) is 6.98. The molecule has 1 amide bonds. The number of nitrogens with one attached hydrogen (secondary N) is 1. The molecule has 1 saturated heterocycles. The number of aromatic nitrogens is 3. The highest BCUT2D eigenvalue weighted by atomic mass is 16.1. The molecule has 1 N–H and O–H groups in total. The van der Waals surface area contributed by atoms with Gasteiger partial charge in [-0.1, -0.05) is 0 Å². The third kappa shape index (κ3) is 3.58. The van der Waals surface area contributed by atoms with E-state index in [0.29, 0.717) is 17.9 Å². The lowest BCUT2D eigenvalue weighted by atomic mass is 10.1. The molecule has 0 bridgehead atoms. The summed E-state index contributed by atoms with van der Waals surface area (Å²) >= 11 is 0. The van der Waals surface area contributed by atoms with Crippen LogP contribution in [0, 0.1) is 0 Å². The fourth-order valence-electron chi connectivity index (χ4n) is 2.54. The monoisotopic (exact) mass is 297 g/mol. The molecule has 1 fully saturated rings. The zero-order valence-electron chi connectivity index (χ0n) is 12.4. The Kier molecular flexibility index (Phi) is 4.58. The fraction of sp³-hybridized carbons (Fsp3) is 0.375. The number of hydrogen-bond acceptors (Lipinski definition) is 5. The Hall–Kier alpha value is -2.50. The van der Waals surface area contributed by atoms with Crippen molar-refractivity contribution >= 4 is 11.7 Å². The lowest BCUT2D eigenvalue weighted by molar-refractivity contribution is 0.0949. The first-order chi connectivity index (χ1) is 10.8. The molecule has 0 unspecified atom stereocenters. The number of carbonyl (C=O) groups is 1. The van der Waals surface area contributed by atoms with Gasteiger partial charge in [-0.15, -0.1) is 0 Å². The molecule has 0 aromatic carbocycles. The first kappa shape index (κ1) is 14.4. The van der Waals surface area contributed by atoms with Crippen LogP contribution in [-0.2, 0) is 6.54 Å². The SMILES string of the molecule is O=C(NCc1nccc(N2CCCCC2)n1)c1ccncc1. The van der Waals surface area contributed by atoms with Gasteiger partial charge in [0.05, 0.1) is 6.54 Å². The van der Waals surface area contributed by atoms with Crippen molar-refractivity contribution in [2.75, 3.05) is 18.0 Å². The number of hydrogen-bond donors (Lipinski definition) is 1. The Bertz CT molecular complexity index is 625. The van der Waals surface area contributed by atoms with Gasteiger partial charge in [0, 0.05) is 37.2 Å². The molecule has 0 saturated carbocycles. The maximum absolute atomic E-state index is 12.0. The molecule has 2 aromatic rings. The van der Waals surface area contributed by atoms with Gasteiger partial charge in [-0.25, -0.2) is 9.97 Å². The molecular formula is C16H19N5O. The highest BCUT2D eigenvalue weighted by Crippen LogP contribution is 2.16. The molecule has 3 heterocycles. The van der Waals surface area contributed by atoms with Gasteiger partial charge in [0.1, 0.15) is 11.6 Å². The van der Waals surface area contributed by atoms with Gasteiger partial charge in [0.25, 0.3) is 5.91 Å². The van der Waals surface area contributed by atoms with Gasteiger partial charge in [0.2, 0.25) is 0 Å². The number of rotatable bonds is 4. The molecule has 6 nitrogen and oxygen atoms in total. The smallest absolute Gasteiger partial charge is 0.251 e. The summed E-state index contributed by atoms with van der Waals surface area (Å²) in [6, 6.07) is 5.29. The van der Waals surface area contributed by atoms with Gasteiger partial charge in [-0.3, -0.25) is 9.78 Å². The fourth-order valence-corrected chi connectivity index (χ4v) is 2.54. The molecule has 114 valence electrons. The molecule has 0 atom stereocenters. The number of anilines is 1. The quantitative estimate of drug-likeness (QED) is 0.931. The zero-order chi connectivity index (χ0) is 15.2. The maximum Gasteiger partial charge on any atom is 0.251 e. The summed E-state index contributed by atoms with van der Waals surface area (Å²) in [6.45, 7) is 2.41. The zero-order valence-corrected chi connectivity index (χ0v) is 12.4. The van der Waals surface area contributed by atoms with Crippen LogP contribution in [0.5, 0.6) is 0 Å². The largest absolute Gasteiger partial charge is 0.357 e. The van der Waals surface area contributed by atoms with E-state index in [1.165, 1.54) is 19.3 Å². The summed E-state index contributed by atoms with van der Waals surface area (Å²) in [4.78, 5) is 27.0. The molecule has 0 radical (unpaired) electrons. The van der Waals surface area contributed by atoms with Gasteiger partial charge in [-0.2, -0.15) is 0 Å². The first-order valence-electron chi connectivity index (χ1n) is 7.58. The van der Waals surface area contributed by atoms with Gasteiger partial charge < -0.3 is 10.2 Å². The van der Waals surface area contributed by atoms with Crippen LogP contribution in [0.1, 0.15) is 35.4 Å². The van der Waals surface area contributed by atoms with Crippen molar-refractivity contribution in [3.05, 3.63) is 48.2 Å². The van der Waals surface area contributed by atoms with Crippen molar-refractivity contribution in [3.8, 4) is 0 Å². The van der Waals surface area contributed by atoms with Gasteiger partial charge in [-0.05, 0) is 37.5 Å². The third-order valence-electron chi connectivity index (χ3n) is 3.72. The summed E-state index contributed by atoms with van der Waals surface area (Å²) in [5.74, 6) is 1.43. The maximum atomic E-state index is 12.0. The topological polar surface area (TPSA) is 71.0 Å². The molecule has 6 heteroatoms. The summed E-state index contributed by atoms with van der Waals surface area (Å²) in [5, 5.41) is 2.84. The molecule has 1 aliphatic rings. The van der Waals surface area contributed by atoms with E-state index in [9.17, 15) is 4.79 Å². The predicted octanol–water partition coefficient (Wildman–Crippen LogP) is 1.79. The van der Waals surface area contributed by atoms with E-state index >= 15 is 0 Å². The standard InChI is InChI=1S/C16H19N5O/c22-16(13-4-7-17-8-5-13)19-12-14-18-9-6-15(20-14)21-10-2-1-3-11-21/h4-9H,1-3,10-12H2,(H,19,22). The molecule has 0 aliphatic carbocycles. The highest BCUT2D eigenvalue weighted by molar-refractivity contribution is 5.93. The van der Waals surface area contributed by atoms with Crippen LogP contribution in [0.2, 0.25) is 0 Å². The Morgan fingerprint density at radius 3 is 2.64 bits per heavy atom. The van der Waals surface area contributed by atoms with Crippen LogP contribution in [-0.4, -0.2) is 33.9 Å².